The lowest BCUT2D eigenvalue weighted by molar-refractivity contribution is 0.930. The first kappa shape index (κ1) is 18.9. The van der Waals surface area contributed by atoms with Crippen molar-refractivity contribution in [3.63, 3.8) is 0 Å². The Morgan fingerprint density at radius 2 is 1.04 bits per heavy atom. The minimum absolute atomic E-state index is 0.525. The van der Waals surface area contributed by atoms with E-state index in [2.05, 4.69) is 104 Å². The molecule has 26 heavy (non-hydrogen) atoms. The fraction of sp³-hybridized carbons (Fsp3) is 0.217. The highest BCUT2D eigenvalue weighted by atomic mass is 31.2. The van der Waals surface area contributed by atoms with Crippen molar-refractivity contribution in [3.8, 4) is 0 Å². The van der Waals surface area contributed by atoms with Gasteiger partial charge in [0.1, 0.15) is 0 Å². The molecule has 1 nitrogen and oxygen atoms in total. The zero-order valence-corrected chi connectivity index (χ0v) is 17.8. The van der Waals surface area contributed by atoms with Gasteiger partial charge in [-0.3, -0.25) is 4.74 Å². The van der Waals surface area contributed by atoms with Crippen LogP contribution in [0.1, 0.15) is 6.42 Å². The van der Waals surface area contributed by atoms with Crippen molar-refractivity contribution in [1.29, 1.82) is 0 Å². The van der Waals surface area contributed by atoms with Gasteiger partial charge in [-0.05, 0) is 6.42 Å². The van der Waals surface area contributed by atoms with E-state index >= 15 is 0 Å². The van der Waals surface area contributed by atoms with Gasteiger partial charge in [-0.1, -0.05) is 110 Å². The zero-order chi connectivity index (χ0) is 18.2. The molecule has 0 bridgehead atoms. The highest BCUT2D eigenvalue weighted by molar-refractivity contribution is 7.87. The van der Waals surface area contributed by atoms with Gasteiger partial charge >= 0.3 is 0 Å². The van der Waals surface area contributed by atoms with Gasteiger partial charge in [0.05, 0.1) is 7.05 Å². The smallest absolute Gasteiger partial charge is 0.0547 e. The quantitative estimate of drug-likeness (QED) is 0.311. The molecule has 0 saturated carbocycles. The van der Waals surface area contributed by atoms with Crippen LogP contribution in [0.4, 0.5) is 0 Å². The van der Waals surface area contributed by atoms with Crippen molar-refractivity contribution in [2.24, 2.45) is 4.74 Å². The molecule has 0 fully saturated rings. The van der Waals surface area contributed by atoms with Crippen molar-refractivity contribution in [3.05, 3.63) is 91.0 Å². The second kappa shape index (κ2) is 9.16. The van der Waals surface area contributed by atoms with Crippen LogP contribution in [0.3, 0.4) is 0 Å². The average Bonchev–Trinajstić information content (AvgIpc) is 2.70. The van der Waals surface area contributed by atoms with Crippen LogP contribution in [-0.2, 0) is 0 Å². The van der Waals surface area contributed by atoms with Gasteiger partial charge in [0.15, 0.2) is 0 Å². The first-order valence-corrected chi connectivity index (χ1v) is 14.3. The summed E-state index contributed by atoms with van der Waals surface area (Å²) in [4.78, 5) is 0. The summed E-state index contributed by atoms with van der Waals surface area (Å²) in [5, 5.41) is 4.04. The van der Waals surface area contributed by atoms with Gasteiger partial charge < -0.3 is 0 Å². The first-order valence-electron chi connectivity index (χ1n) is 9.48. The predicted octanol–water partition coefficient (Wildman–Crippen LogP) is 5.04. The highest BCUT2D eigenvalue weighted by Gasteiger charge is 2.26. The zero-order valence-electron chi connectivity index (χ0n) is 15.8. The van der Waals surface area contributed by atoms with Crippen LogP contribution in [0.25, 0.3) is 0 Å². The van der Waals surface area contributed by atoms with E-state index in [0.717, 1.165) is 6.54 Å². The molecule has 3 heteroatoms. The molecule has 0 aliphatic rings. The molecule has 3 aromatic rings. The van der Waals surface area contributed by atoms with E-state index in [9.17, 15) is 0 Å². The van der Waals surface area contributed by atoms with Crippen LogP contribution in [0.2, 0.25) is 19.1 Å². The summed E-state index contributed by atoms with van der Waals surface area (Å²) in [5.41, 5.74) is 0. The van der Waals surface area contributed by atoms with Crippen molar-refractivity contribution < 1.29 is 0 Å². The third-order valence-electron chi connectivity index (χ3n) is 4.64. The van der Waals surface area contributed by atoms with E-state index in [1.54, 1.807) is 0 Å². The predicted molar refractivity (Wildman–Crippen MR) is 121 cm³/mol. The number of hydrogen-bond acceptors (Lipinski definition) is 1. The molecule has 134 valence electrons. The van der Waals surface area contributed by atoms with E-state index in [0.29, 0.717) is 0 Å². The summed E-state index contributed by atoms with van der Waals surface area (Å²) >= 11 is 0. The van der Waals surface area contributed by atoms with Crippen LogP contribution in [0, 0.1) is 0 Å². The highest BCUT2D eigenvalue weighted by Crippen LogP contribution is 2.46. The van der Waals surface area contributed by atoms with Gasteiger partial charge in [-0.25, -0.2) is 0 Å². The molecule has 0 aliphatic carbocycles. The molecule has 0 heterocycles. The van der Waals surface area contributed by atoms with E-state index in [1.807, 2.05) is 0 Å². The Kier molecular flexibility index (Phi) is 6.66. The molecule has 0 aromatic heterocycles. The van der Waals surface area contributed by atoms with Crippen molar-refractivity contribution >= 4 is 31.8 Å². The lowest BCUT2D eigenvalue weighted by Gasteiger charge is -2.27. The molecular weight excluding hydrogens is 349 g/mol. The largest absolute Gasteiger partial charge is 0.290 e. The van der Waals surface area contributed by atoms with Gasteiger partial charge in [0.25, 0.3) is 0 Å². The molecule has 3 rings (SSSR count). The van der Waals surface area contributed by atoms with Crippen LogP contribution in [0.5, 0.6) is 0 Å². The SMILES string of the molecule is C[SiH](C)CCCN=P(c1ccccc1)(c1ccccc1)c1ccccc1. The van der Waals surface area contributed by atoms with E-state index < -0.39 is 15.9 Å². The summed E-state index contributed by atoms with van der Waals surface area (Å²) in [6.45, 7) is 5.79. The minimum Gasteiger partial charge on any atom is -0.290 e. The van der Waals surface area contributed by atoms with Gasteiger partial charge in [-0.15, -0.1) is 0 Å². The van der Waals surface area contributed by atoms with Crippen molar-refractivity contribution in [2.45, 2.75) is 25.6 Å². The summed E-state index contributed by atoms with van der Waals surface area (Å²) in [6.07, 6.45) is 1.21. The molecule has 0 amide bonds. The maximum atomic E-state index is 5.47. The average molecular weight is 378 g/mol. The lowest BCUT2D eigenvalue weighted by Crippen LogP contribution is -2.25. The summed E-state index contributed by atoms with van der Waals surface area (Å²) in [7, 11) is -2.50. The topological polar surface area (TPSA) is 12.4 Å². The molecule has 0 unspecified atom stereocenters. The molecule has 0 N–H and O–H groups in total. The summed E-state index contributed by atoms with van der Waals surface area (Å²) in [6, 6.07) is 34.1. The van der Waals surface area contributed by atoms with E-state index in [4.69, 9.17) is 4.74 Å². The van der Waals surface area contributed by atoms with Crippen molar-refractivity contribution in [1.82, 2.24) is 0 Å². The Hall–Kier alpha value is -1.89. The Balaban J connectivity index is 2.20. The second-order valence-electron chi connectivity index (χ2n) is 7.04. The van der Waals surface area contributed by atoms with E-state index in [-0.39, 0.29) is 0 Å². The molecule has 0 aliphatic heterocycles. The Morgan fingerprint density at radius 3 is 1.38 bits per heavy atom. The van der Waals surface area contributed by atoms with Gasteiger partial charge in [0, 0.05) is 31.3 Å². The Bertz CT molecular complexity index is 742. The molecule has 0 saturated heterocycles. The fourth-order valence-electron chi connectivity index (χ4n) is 3.34. The fourth-order valence-corrected chi connectivity index (χ4v) is 7.98. The molecule has 3 aromatic carbocycles. The van der Waals surface area contributed by atoms with Crippen molar-refractivity contribution in [2.75, 3.05) is 6.54 Å². The second-order valence-corrected chi connectivity index (χ2v) is 13.5. The molecule has 0 atom stereocenters. The number of hydrogen-bond donors (Lipinski definition) is 0. The monoisotopic (exact) mass is 377 g/mol. The number of benzene rings is 3. The summed E-state index contributed by atoms with van der Waals surface area (Å²) in [5.74, 6) is 0. The lowest BCUT2D eigenvalue weighted by atomic mass is 10.4. The maximum absolute atomic E-state index is 5.47. The number of rotatable bonds is 7. The van der Waals surface area contributed by atoms with E-state index in [1.165, 1.54) is 28.4 Å². The van der Waals surface area contributed by atoms with Gasteiger partial charge in [0.2, 0.25) is 0 Å². The minimum atomic E-state index is -1.97. The molecule has 0 radical (unpaired) electrons. The normalized spacial score (nSPS) is 11.5. The summed E-state index contributed by atoms with van der Waals surface area (Å²) < 4.78 is 5.47. The molecule has 0 spiro atoms. The maximum Gasteiger partial charge on any atom is 0.0547 e. The standard InChI is InChI=1S/C23H28NPSi/c1-26(2)20-12-19-24-25(21-13-6-3-7-14-21,22-15-8-4-9-16-22)23-17-10-5-11-18-23/h3-11,13-18,26H,12,19-20H2,1-2H3. The van der Waals surface area contributed by atoms with Crippen LogP contribution >= 0.6 is 7.05 Å². The van der Waals surface area contributed by atoms with Crippen LogP contribution in [-0.4, -0.2) is 15.3 Å². The Morgan fingerprint density at radius 1 is 0.654 bits per heavy atom. The third-order valence-corrected chi connectivity index (χ3v) is 9.96. The Labute approximate surface area is 159 Å². The van der Waals surface area contributed by atoms with Crippen LogP contribution in [0.15, 0.2) is 95.7 Å². The van der Waals surface area contributed by atoms with Crippen LogP contribution < -0.4 is 15.9 Å². The first-order chi connectivity index (χ1) is 12.7. The third kappa shape index (κ3) is 4.26. The molecular formula is C23H28NPSi. The number of nitrogens with zero attached hydrogens (tertiary/aromatic N) is 1. The van der Waals surface area contributed by atoms with Gasteiger partial charge in [-0.2, -0.15) is 0 Å².